The number of hydrogen-bond acceptors (Lipinski definition) is 5. The van der Waals surface area contributed by atoms with Gasteiger partial charge in [-0.1, -0.05) is 42.1 Å². The van der Waals surface area contributed by atoms with Crippen LogP contribution < -0.4 is 14.4 Å². The van der Waals surface area contributed by atoms with Gasteiger partial charge in [0.2, 0.25) is 21.8 Å². The van der Waals surface area contributed by atoms with Crippen molar-refractivity contribution in [1.29, 1.82) is 0 Å². The molecule has 0 radical (unpaired) electrons. The number of rotatable bonds is 10. The Morgan fingerprint density at radius 2 is 1.67 bits per heavy atom. The maximum absolute atomic E-state index is 13.6. The summed E-state index contributed by atoms with van der Waals surface area (Å²) in [5.41, 5.74) is 0.774. The zero-order valence-corrected chi connectivity index (χ0v) is 22.9. The standard InChI is InChI=1S/C25H31Cl2N3O5S/c1-17(25(32)28-18-7-4-5-8-18)29(15-21-22(26)9-6-10-23(21)27)24(31)16-30(36(3,33)34)19-11-13-20(35-2)14-12-19/h6,9-14,17-18H,4-5,7-8,15-16H2,1-3H3,(H,28,32). The van der Waals surface area contributed by atoms with Crippen molar-refractivity contribution in [2.24, 2.45) is 0 Å². The van der Waals surface area contributed by atoms with Crippen molar-refractivity contribution in [2.45, 2.75) is 51.2 Å². The molecule has 0 aliphatic heterocycles. The second-order valence-electron chi connectivity index (χ2n) is 8.86. The van der Waals surface area contributed by atoms with Crippen LogP contribution in [0.4, 0.5) is 5.69 Å². The Morgan fingerprint density at radius 3 is 2.19 bits per heavy atom. The minimum Gasteiger partial charge on any atom is -0.497 e. The number of sulfonamides is 1. The molecule has 1 saturated carbocycles. The topological polar surface area (TPSA) is 96.0 Å². The molecule has 1 aliphatic rings. The van der Waals surface area contributed by atoms with Gasteiger partial charge in [0, 0.05) is 28.2 Å². The van der Waals surface area contributed by atoms with Gasteiger partial charge < -0.3 is 15.0 Å². The lowest BCUT2D eigenvalue weighted by atomic mass is 10.1. The molecule has 11 heteroatoms. The Morgan fingerprint density at radius 1 is 1.08 bits per heavy atom. The second-order valence-corrected chi connectivity index (χ2v) is 11.6. The van der Waals surface area contributed by atoms with E-state index in [9.17, 15) is 18.0 Å². The van der Waals surface area contributed by atoms with Gasteiger partial charge in [-0.15, -0.1) is 0 Å². The smallest absolute Gasteiger partial charge is 0.244 e. The molecule has 0 heterocycles. The molecule has 2 aromatic carbocycles. The molecule has 0 bridgehead atoms. The number of methoxy groups -OCH3 is 1. The summed E-state index contributed by atoms with van der Waals surface area (Å²) in [4.78, 5) is 28.1. The maximum atomic E-state index is 13.6. The van der Waals surface area contributed by atoms with Crippen molar-refractivity contribution in [3.8, 4) is 5.75 Å². The lowest BCUT2D eigenvalue weighted by Gasteiger charge is -2.32. The molecule has 2 amide bonds. The largest absolute Gasteiger partial charge is 0.497 e. The number of nitrogens with one attached hydrogen (secondary N) is 1. The predicted molar refractivity (Wildman–Crippen MR) is 142 cm³/mol. The minimum atomic E-state index is -3.83. The van der Waals surface area contributed by atoms with Gasteiger partial charge in [0.1, 0.15) is 18.3 Å². The number of hydrogen-bond donors (Lipinski definition) is 1. The number of nitrogens with zero attached hydrogens (tertiary/aromatic N) is 2. The zero-order chi connectivity index (χ0) is 26.5. The van der Waals surface area contributed by atoms with Gasteiger partial charge >= 0.3 is 0 Å². The van der Waals surface area contributed by atoms with Crippen molar-refractivity contribution < 1.29 is 22.7 Å². The highest BCUT2D eigenvalue weighted by Gasteiger charge is 2.32. The van der Waals surface area contributed by atoms with Crippen molar-refractivity contribution in [3.63, 3.8) is 0 Å². The average molecular weight is 557 g/mol. The summed E-state index contributed by atoms with van der Waals surface area (Å²) in [6, 6.07) is 10.5. The molecule has 1 N–H and O–H groups in total. The van der Waals surface area contributed by atoms with Gasteiger partial charge in [0.05, 0.1) is 19.1 Å². The first-order valence-electron chi connectivity index (χ1n) is 11.7. The molecule has 1 aliphatic carbocycles. The summed E-state index contributed by atoms with van der Waals surface area (Å²) in [6.07, 6.45) is 4.89. The number of halogens is 2. The third-order valence-corrected chi connectivity index (χ3v) is 8.15. The number of anilines is 1. The van der Waals surface area contributed by atoms with Crippen LogP contribution in [0.25, 0.3) is 0 Å². The number of benzene rings is 2. The lowest BCUT2D eigenvalue weighted by molar-refractivity contribution is -0.139. The molecular formula is C25H31Cl2N3O5S. The molecule has 196 valence electrons. The Labute approximate surface area is 222 Å². The van der Waals surface area contributed by atoms with Crippen molar-refractivity contribution in [3.05, 3.63) is 58.1 Å². The summed E-state index contributed by atoms with van der Waals surface area (Å²) in [6.45, 7) is 1.05. The number of ether oxygens (including phenoxy) is 1. The highest BCUT2D eigenvalue weighted by molar-refractivity contribution is 7.92. The Hall–Kier alpha value is -2.49. The molecule has 3 rings (SSSR count). The first kappa shape index (κ1) is 28.1. The molecule has 0 saturated heterocycles. The van der Waals surface area contributed by atoms with Crippen molar-refractivity contribution >= 4 is 50.7 Å². The monoisotopic (exact) mass is 555 g/mol. The van der Waals surface area contributed by atoms with E-state index in [0.717, 1.165) is 36.2 Å². The van der Waals surface area contributed by atoms with Crippen LogP contribution in [0.3, 0.4) is 0 Å². The fourth-order valence-corrected chi connectivity index (χ4v) is 5.56. The Bertz CT molecular complexity index is 1160. The minimum absolute atomic E-state index is 0.0587. The molecular weight excluding hydrogens is 525 g/mol. The van der Waals surface area contributed by atoms with Crippen molar-refractivity contribution in [1.82, 2.24) is 10.2 Å². The SMILES string of the molecule is COc1ccc(N(CC(=O)N(Cc2c(Cl)cccc2Cl)C(C)C(=O)NC2CCCC2)S(C)(=O)=O)cc1. The van der Waals surface area contributed by atoms with E-state index in [1.807, 2.05) is 0 Å². The highest BCUT2D eigenvalue weighted by Crippen LogP contribution is 2.28. The third-order valence-electron chi connectivity index (χ3n) is 6.30. The molecule has 1 unspecified atom stereocenters. The molecule has 0 aromatic heterocycles. The van der Waals surface area contributed by atoms with E-state index in [-0.39, 0.29) is 18.5 Å². The van der Waals surface area contributed by atoms with Crippen LogP contribution in [-0.4, -0.2) is 57.1 Å². The highest BCUT2D eigenvalue weighted by atomic mass is 35.5. The second kappa shape index (κ2) is 12.2. The van der Waals surface area contributed by atoms with E-state index >= 15 is 0 Å². The van der Waals surface area contributed by atoms with Gasteiger partial charge in [0.25, 0.3) is 0 Å². The normalized spacial score (nSPS) is 14.8. The summed E-state index contributed by atoms with van der Waals surface area (Å²) >= 11 is 12.7. The first-order valence-corrected chi connectivity index (χ1v) is 14.3. The maximum Gasteiger partial charge on any atom is 0.244 e. The summed E-state index contributed by atoms with van der Waals surface area (Å²) in [5, 5.41) is 3.70. The van der Waals surface area contributed by atoms with E-state index in [1.54, 1.807) is 49.4 Å². The summed E-state index contributed by atoms with van der Waals surface area (Å²) in [5.74, 6) is -0.333. The van der Waals surface area contributed by atoms with E-state index in [1.165, 1.54) is 12.0 Å². The van der Waals surface area contributed by atoms with Crippen LogP contribution in [0.2, 0.25) is 10.0 Å². The van der Waals surface area contributed by atoms with Crippen LogP contribution in [-0.2, 0) is 26.2 Å². The zero-order valence-electron chi connectivity index (χ0n) is 20.5. The van der Waals surface area contributed by atoms with E-state index in [0.29, 0.717) is 27.0 Å². The summed E-state index contributed by atoms with van der Waals surface area (Å²) in [7, 11) is -2.32. The third kappa shape index (κ3) is 7.05. The van der Waals surface area contributed by atoms with Crippen LogP contribution in [0.5, 0.6) is 5.75 Å². The van der Waals surface area contributed by atoms with Gasteiger partial charge in [-0.05, 0) is 56.2 Å². The quantitative estimate of drug-likeness (QED) is 0.472. The Kier molecular flexibility index (Phi) is 9.49. The molecule has 1 fully saturated rings. The van der Waals surface area contributed by atoms with Gasteiger partial charge in [0.15, 0.2) is 0 Å². The Balaban J connectivity index is 1.91. The number of amides is 2. The van der Waals surface area contributed by atoms with Gasteiger partial charge in [-0.25, -0.2) is 8.42 Å². The summed E-state index contributed by atoms with van der Waals surface area (Å²) < 4.78 is 31.4. The van der Waals surface area contributed by atoms with Crippen LogP contribution in [0, 0.1) is 0 Å². The van der Waals surface area contributed by atoms with Crippen LogP contribution in [0.15, 0.2) is 42.5 Å². The molecule has 1 atom stereocenters. The average Bonchev–Trinajstić information content (AvgIpc) is 3.34. The number of carbonyl (C=O) groups is 2. The number of carbonyl (C=O) groups excluding carboxylic acids is 2. The molecule has 2 aromatic rings. The van der Waals surface area contributed by atoms with Gasteiger partial charge in [-0.2, -0.15) is 0 Å². The van der Waals surface area contributed by atoms with Crippen molar-refractivity contribution in [2.75, 3.05) is 24.2 Å². The molecule has 8 nitrogen and oxygen atoms in total. The molecule has 0 spiro atoms. The molecule has 36 heavy (non-hydrogen) atoms. The first-order chi connectivity index (χ1) is 17.0. The van der Waals surface area contributed by atoms with E-state index in [4.69, 9.17) is 27.9 Å². The van der Waals surface area contributed by atoms with E-state index < -0.39 is 28.5 Å². The van der Waals surface area contributed by atoms with E-state index in [2.05, 4.69) is 5.32 Å². The lowest BCUT2D eigenvalue weighted by Crippen LogP contribution is -2.52. The van der Waals surface area contributed by atoms with Gasteiger partial charge in [-0.3, -0.25) is 13.9 Å². The fourth-order valence-electron chi connectivity index (χ4n) is 4.19. The fraction of sp³-hybridized carbons (Fsp3) is 0.440. The predicted octanol–water partition coefficient (Wildman–Crippen LogP) is 4.24. The van der Waals surface area contributed by atoms with Crippen LogP contribution in [0.1, 0.15) is 38.2 Å². The van der Waals surface area contributed by atoms with Crippen LogP contribution >= 0.6 is 23.2 Å².